The summed E-state index contributed by atoms with van der Waals surface area (Å²) in [6.45, 7) is 2.28. The van der Waals surface area contributed by atoms with Gasteiger partial charge in [-0.1, -0.05) is 12.1 Å². The quantitative estimate of drug-likeness (QED) is 0.895. The minimum absolute atomic E-state index is 0.0347. The van der Waals surface area contributed by atoms with Gasteiger partial charge in [-0.25, -0.2) is 9.78 Å². The van der Waals surface area contributed by atoms with Crippen LogP contribution in [0.1, 0.15) is 12.0 Å². The number of carbonyl (C=O) groups is 2. The average molecular weight is 340 g/mol. The number of carbonyl (C=O) groups excluding carboxylic acids is 2. The minimum Gasteiger partial charge on any atom is -0.497 e. The van der Waals surface area contributed by atoms with Crippen LogP contribution in [0, 0.1) is 6.92 Å². The molecule has 3 amide bonds. The minimum atomic E-state index is -0.368. The van der Waals surface area contributed by atoms with Crippen LogP contribution >= 0.6 is 0 Å². The number of aromatic nitrogens is 1. The zero-order valence-electron chi connectivity index (χ0n) is 14.2. The zero-order valence-corrected chi connectivity index (χ0v) is 14.2. The van der Waals surface area contributed by atoms with Gasteiger partial charge in [0.2, 0.25) is 5.91 Å². The molecule has 1 aliphatic rings. The number of urea groups is 1. The van der Waals surface area contributed by atoms with E-state index in [0.717, 1.165) is 11.3 Å². The smallest absolute Gasteiger partial charge is 0.320 e. The highest BCUT2D eigenvalue weighted by atomic mass is 16.5. The molecule has 2 N–H and O–H groups in total. The first-order chi connectivity index (χ1) is 12.1. The van der Waals surface area contributed by atoms with Crippen molar-refractivity contribution in [1.29, 1.82) is 0 Å². The number of nitrogens with one attached hydrogen (secondary N) is 2. The van der Waals surface area contributed by atoms with Gasteiger partial charge in [0.15, 0.2) is 0 Å². The molecular weight excluding hydrogens is 320 g/mol. The number of aryl methyl sites for hydroxylation is 1. The standard InChI is InChI=1S/C18H20N4O3/c1-12-5-4-8-19-17(12)21-18(24)20-13-9-16(23)22(11-13)14-6-3-7-15(10-14)25-2/h3-8,10,13H,9,11H2,1-2H3,(H2,19,20,21,24)/t13-/m0/s1. The van der Waals surface area contributed by atoms with Crippen LogP contribution in [0.4, 0.5) is 16.3 Å². The maximum absolute atomic E-state index is 12.3. The number of rotatable bonds is 4. The van der Waals surface area contributed by atoms with Gasteiger partial charge >= 0.3 is 6.03 Å². The van der Waals surface area contributed by atoms with Gasteiger partial charge in [-0.3, -0.25) is 10.1 Å². The Morgan fingerprint density at radius 2 is 2.16 bits per heavy atom. The molecule has 1 fully saturated rings. The van der Waals surface area contributed by atoms with Crippen LogP contribution in [0.2, 0.25) is 0 Å². The van der Waals surface area contributed by atoms with Crippen LogP contribution < -0.4 is 20.3 Å². The molecule has 1 aromatic carbocycles. The maximum atomic E-state index is 12.3. The van der Waals surface area contributed by atoms with E-state index in [1.54, 1.807) is 30.3 Å². The van der Waals surface area contributed by atoms with Crippen molar-refractivity contribution in [2.24, 2.45) is 0 Å². The van der Waals surface area contributed by atoms with E-state index in [4.69, 9.17) is 4.74 Å². The highest BCUT2D eigenvalue weighted by Crippen LogP contribution is 2.25. The average Bonchev–Trinajstić information content (AvgIpc) is 2.97. The van der Waals surface area contributed by atoms with Crippen molar-refractivity contribution in [2.45, 2.75) is 19.4 Å². The predicted molar refractivity (Wildman–Crippen MR) is 94.9 cm³/mol. The van der Waals surface area contributed by atoms with Crippen LogP contribution in [-0.2, 0) is 4.79 Å². The molecule has 7 heteroatoms. The number of hydrogen-bond acceptors (Lipinski definition) is 4. The number of anilines is 2. The van der Waals surface area contributed by atoms with Crippen molar-refractivity contribution in [2.75, 3.05) is 23.9 Å². The molecule has 7 nitrogen and oxygen atoms in total. The molecule has 2 heterocycles. The third-order valence-corrected chi connectivity index (χ3v) is 4.07. The lowest BCUT2D eigenvalue weighted by Gasteiger charge is -2.18. The van der Waals surface area contributed by atoms with Crippen LogP contribution in [0.25, 0.3) is 0 Å². The first-order valence-electron chi connectivity index (χ1n) is 8.00. The Kier molecular flexibility index (Phi) is 4.83. The number of ether oxygens (including phenoxy) is 1. The second kappa shape index (κ2) is 7.21. The number of benzene rings is 1. The van der Waals surface area contributed by atoms with Crippen LogP contribution in [-0.4, -0.2) is 36.6 Å². The van der Waals surface area contributed by atoms with Crippen LogP contribution in [0.3, 0.4) is 0 Å². The molecule has 1 saturated heterocycles. The summed E-state index contributed by atoms with van der Waals surface area (Å²) >= 11 is 0. The topological polar surface area (TPSA) is 83.6 Å². The Labute approximate surface area is 146 Å². The SMILES string of the molecule is COc1cccc(N2C[C@@H](NC(=O)Nc3ncccc3C)CC2=O)c1. The summed E-state index contributed by atoms with van der Waals surface area (Å²) in [5, 5.41) is 5.54. The van der Waals surface area contributed by atoms with E-state index in [-0.39, 0.29) is 24.4 Å². The fourth-order valence-electron chi connectivity index (χ4n) is 2.78. The summed E-state index contributed by atoms with van der Waals surface area (Å²) in [6.07, 6.45) is 1.87. The molecule has 0 spiro atoms. The largest absolute Gasteiger partial charge is 0.497 e. The van der Waals surface area contributed by atoms with E-state index in [1.165, 1.54) is 0 Å². The lowest BCUT2D eigenvalue weighted by molar-refractivity contribution is -0.117. The Morgan fingerprint density at radius 3 is 2.92 bits per heavy atom. The van der Waals surface area contributed by atoms with Gasteiger partial charge in [0.05, 0.1) is 13.2 Å². The third-order valence-electron chi connectivity index (χ3n) is 4.07. The molecule has 0 aliphatic carbocycles. The highest BCUT2D eigenvalue weighted by molar-refractivity contribution is 5.97. The summed E-state index contributed by atoms with van der Waals surface area (Å²) in [5.74, 6) is 1.16. The summed E-state index contributed by atoms with van der Waals surface area (Å²) < 4.78 is 5.19. The molecule has 0 radical (unpaired) electrons. The van der Waals surface area contributed by atoms with Gasteiger partial charge < -0.3 is 15.0 Å². The Balaban J connectivity index is 1.62. The van der Waals surface area contributed by atoms with E-state index < -0.39 is 0 Å². The Hall–Kier alpha value is -3.09. The van der Waals surface area contributed by atoms with Gasteiger partial charge in [-0.05, 0) is 30.7 Å². The van der Waals surface area contributed by atoms with E-state index in [1.807, 2.05) is 31.2 Å². The molecule has 2 aromatic rings. The fourth-order valence-corrected chi connectivity index (χ4v) is 2.78. The molecular formula is C18H20N4O3. The second-order valence-corrected chi connectivity index (χ2v) is 5.87. The molecule has 0 saturated carbocycles. The Morgan fingerprint density at radius 1 is 1.32 bits per heavy atom. The number of methoxy groups -OCH3 is 1. The van der Waals surface area contributed by atoms with Crippen molar-refractivity contribution in [3.05, 3.63) is 48.2 Å². The van der Waals surface area contributed by atoms with Crippen molar-refractivity contribution < 1.29 is 14.3 Å². The summed E-state index contributed by atoms with van der Waals surface area (Å²) in [4.78, 5) is 30.2. The number of pyridine rings is 1. The van der Waals surface area contributed by atoms with E-state index in [9.17, 15) is 9.59 Å². The molecule has 0 bridgehead atoms. The third kappa shape index (κ3) is 3.88. The van der Waals surface area contributed by atoms with Crippen molar-refractivity contribution in [1.82, 2.24) is 10.3 Å². The first kappa shape index (κ1) is 16.8. The van der Waals surface area contributed by atoms with Crippen molar-refractivity contribution in [3.8, 4) is 5.75 Å². The molecule has 1 atom stereocenters. The van der Waals surface area contributed by atoms with E-state index in [0.29, 0.717) is 18.1 Å². The van der Waals surface area contributed by atoms with Crippen molar-refractivity contribution in [3.63, 3.8) is 0 Å². The van der Waals surface area contributed by atoms with E-state index >= 15 is 0 Å². The van der Waals surface area contributed by atoms with Crippen LogP contribution in [0.15, 0.2) is 42.6 Å². The van der Waals surface area contributed by atoms with E-state index in [2.05, 4.69) is 15.6 Å². The lowest BCUT2D eigenvalue weighted by Crippen LogP contribution is -2.40. The molecule has 130 valence electrons. The van der Waals surface area contributed by atoms with Gasteiger partial charge in [-0.15, -0.1) is 0 Å². The molecule has 1 aromatic heterocycles. The molecule has 3 rings (SSSR count). The zero-order chi connectivity index (χ0) is 17.8. The maximum Gasteiger partial charge on any atom is 0.320 e. The summed E-state index contributed by atoms with van der Waals surface area (Å²) in [5.41, 5.74) is 1.63. The number of hydrogen-bond donors (Lipinski definition) is 2. The van der Waals surface area contributed by atoms with Gasteiger partial charge in [0, 0.05) is 30.9 Å². The normalized spacial score (nSPS) is 16.6. The Bertz CT molecular complexity index is 793. The number of nitrogens with zero attached hydrogens (tertiary/aromatic N) is 2. The summed E-state index contributed by atoms with van der Waals surface area (Å²) in [7, 11) is 1.58. The molecule has 1 aliphatic heterocycles. The summed E-state index contributed by atoms with van der Waals surface area (Å²) in [6, 6.07) is 10.3. The monoisotopic (exact) mass is 340 g/mol. The fraction of sp³-hybridized carbons (Fsp3) is 0.278. The first-order valence-corrected chi connectivity index (χ1v) is 8.00. The van der Waals surface area contributed by atoms with Gasteiger partial charge in [-0.2, -0.15) is 0 Å². The predicted octanol–water partition coefficient (Wildman–Crippen LogP) is 2.33. The number of amides is 3. The van der Waals surface area contributed by atoms with Crippen molar-refractivity contribution >= 4 is 23.4 Å². The van der Waals surface area contributed by atoms with Gasteiger partial charge in [0.1, 0.15) is 11.6 Å². The van der Waals surface area contributed by atoms with Gasteiger partial charge in [0.25, 0.3) is 0 Å². The molecule has 0 unspecified atom stereocenters. The lowest BCUT2D eigenvalue weighted by atomic mass is 10.2. The highest BCUT2D eigenvalue weighted by Gasteiger charge is 2.31. The second-order valence-electron chi connectivity index (χ2n) is 5.87. The van der Waals surface area contributed by atoms with Crippen LogP contribution in [0.5, 0.6) is 5.75 Å². The molecule has 25 heavy (non-hydrogen) atoms.